The van der Waals surface area contributed by atoms with Gasteiger partial charge in [0.1, 0.15) is 5.75 Å². The van der Waals surface area contributed by atoms with Crippen LogP contribution in [0, 0.1) is 0 Å². The average Bonchev–Trinajstić information content (AvgIpc) is 2.74. The molecule has 1 aliphatic rings. The van der Waals surface area contributed by atoms with Crippen molar-refractivity contribution in [1.82, 2.24) is 9.80 Å². The van der Waals surface area contributed by atoms with Crippen LogP contribution in [0.25, 0.3) is 0 Å². The molecule has 1 aromatic rings. The molecule has 0 saturated carbocycles. The summed E-state index contributed by atoms with van der Waals surface area (Å²) in [6.45, 7) is 6.96. The molecule has 0 aromatic heterocycles. The number of methoxy groups -OCH3 is 1. The lowest BCUT2D eigenvalue weighted by molar-refractivity contribution is -0.167. The van der Waals surface area contributed by atoms with Crippen molar-refractivity contribution in [2.24, 2.45) is 0 Å². The zero-order chi connectivity index (χ0) is 24.1. The molecule has 1 saturated heterocycles. The first-order chi connectivity index (χ1) is 15.0. The second-order valence-electron chi connectivity index (χ2n) is 7.42. The molecule has 1 unspecified atom stereocenters. The lowest BCUT2D eigenvalue weighted by Gasteiger charge is -2.39. The highest BCUT2D eigenvalue weighted by atomic mass is 19.4. The van der Waals surface area contributed by atoms with Gasteiger partial charge in [-0.2, -0.15) is 13.2 Å². The minimum absolute atomic E-state index is 0.0295. The topological polar surface area (TPSA) is 91.0 Å². The third-order valence-corrected chi connectivity index (χ3v) is 5.21. The smallest absolute Gasteiger partial charge is 0.471 e. The lowest BCUT2D eigenvalue weighted by atomic mass is 10.0. The summed E-state index contributed by atoms with van der Waals surface area (Å²) in [6.07, 6.45) is -2.33. The van der Waals surface area contributed by atoms with Crippen molar-refractivity contribution in [1.29, 1.82) is 0 Å². The summed E-state index contributed by atoms with van der Waals surface area (Å²) in [5, 5.41) is 4.14. The van der Waals surface area contributed by atoms with Gasteiger partial charge in [0.05, 0.1) is 24.0 Å². The average molecular weight is 456 g/mol. The number of ether oxygens (including phenoxy) is 1. The van der Waals surface area contributed by atoms with Gasteiger partial charge in [-0.05, 0) is 31.7 Å². The first kappa shape index (κ1) is 25.2. The van der Waals surface area contributed by atoms with Gasteiger partial charge in [0.25, 0.3) is 5.91 Å². The van der Waals surface area contributed by atoms with E-state index in [1.165, 1.54) is 13.2 Å². The molecule has 1 fully saturated rings. The molecule has 3 amide bonds. The maximum atomic E-state index is 13.3. The van der Waals surface area contributed by atoms with E-state index in [2.05, 4.69) is 23.7 Å². The number of anilines is 2. The fourth-order valence-corrected chi connectivity index (χ4v) is 3.45. The molecule has 2 rings (SSSR count). The Kier molecular flexibility index (Phi) is 8.25. The predicted molar refractivity (Wildman–Crippen MR) is 114 cm³/mol. The first-order valence-electron chi connectivity index (χ1n) is 10.0. The number of halogens is 3. The molecule has 1 atom stereocenters. The Morgan fingerprint density at radius 1 is 1.22 bits per heavy atom. The quantitative estimate of drug-likeness (QED) is 0.616. The van der Waals surface area contributed by atoms with Gasteiger partial charge in [0.2, 0.25) is 5.91 Å². The van der Waals surface area contributed by atoms with Crippen molar-refractivity contribution in [3.05, 3.63) is 30.4 Å². The van der Waals surface area contributed by atoms with E-state index in [0.717, 1.165) is 25.0 Å². The summed E-state index contributed by atoms with van der Waals surface area (Å²) in [5.74, 6) is -3.44. The monoisotopic (exact) mass is 456 g/mol. The Morgan fingerprint density at radius 3 is 2.47 bits per heavy atom. The normalized spacial score (nSPS) is 16.9. The van der Waals surface area contributed by atoms with Crippen molar-refractivity contribution >= 4 is 29.1 Å². The van der Waals surface area contributed by atoms with Gasteiger partial charge in [-0.25, -0.2) is 0 Å². The van der Waals surface area contributed by atoms with Gasteiger partial charge < -0.3 is 20.3 Å². The standard InChI is InChI=1S/C21H27F3N4O4/c1-5-7-13-12-28(9-8-27(13)3)19(30)14-10-17(32-4)16(26-20(31)21(22,23)24)11-15(14)25-18(29)6-2/h6,10-11,13H,2,5,7-9,12H2,1,3-4H3,(H,25,29)(H,26,31). The maximum Gasteiger partial charge on any atom is 0.471 e. The highest BCUT2D eigenvalue weighted by Gasteiger charge is 2.39. The van der Waals surface area contributed by atoms with Crippen molar-refractivity contribution in [3.8, 4) is 5.75 Å². The van der Waals surface area contributed by atoms with Crippen LogP contribution >= 0.6 is 0 Å². The Labute approximate surface area is 184 Å². The number of nitrogens with one attached hydrogen (secondary N) is 2. The Morgan fingerprint density at radius 2 is 1.91 bits per heavy atom. The molecule has 1 aliphatic heterocycles. The number of rotatable bonds is 7. The van der Waals surface area contributed by atoms with Gasteiger partial charge in [-0.15, -0.1) is 0 Å². The summed E-state index contributed by atoms with van der Waals surface area (Å²) in [5.41, 5.74) is -0.376. The third-order valence-electron chi connectivity index (χ3n) is 5.21. The van der Waals surface area contributed by atoms with Crippen LogP contribution in [0.1, 0.15) is 30.1 Å². The van der Waals surface area contributed by atoms with E-state index in [4.69, 9.17) is 4.74 Å². The van der Waals surface area contributed by atoms with Crippen molar-refractivity contribution in [2.75, 3.05) is 44.4 Å². The zero-order valence-electron chi connectivity index (χ0n) is 18.2. The Bertz CT molecular complexity index is 889. The number of carbonyl (C=O) groups excluding carboxylic acids is 3. The Balaban J connectivity index is 2.45. The van der Waals surface area contributed by atoms with Crippen molar-refractivity contribution < 1.29 is 32.3 Å². The highest BCUT2D eigenvalue weighted by molar-refractivity contribution is 6.08. The molecule has 0 radical (unpaired) electrons. The highest BCUT2D eigenvalue weighted by Crippen LogP contribution is 2.34. The van der Waals surface area contributed by atoms with Crippen LogP contribution in [-0.2, 0) is 9.59 Å². The minimum Gasteiger partial charge on any atom is -0.495 e. The van der Waals surface area contributed by atoms with Gasteiger partial charge in [0.15, 0.2) is 0 Å². The molecule has 1 aromatic carbocycles. The summed E-state index contributed by atoms with van der Waals surface area (Å²) < 4.78 is 43.3. The van der Waals surface area contributed by atoms with Crippen molar-refractivity contribution in [2.45, 2.75) is 32.0 Å². The van der Waals surface area contributed by atoms with Gasteiger partial charge >= 0.3 is 12.1 Å². The van der Waals surface area contributed by atoms with Gasteiger partial charge in [-0.1, -0.05) is 19.9 Å². The second kappa shape index (κ2) is 10.5. The number of likely N-dealkylation sites (N-methyl/N-ethyl adjacent to an activating group) is 1. The number of hydrogen-bond acceptors (Lipinski definition) is 5. The van der Waals surface area contributed by atoms with Gasteiger partial charge in [0, 0.05) is 25.7 Å². The number of hydrogen-bond donors (Lipinski definition) is 2. The van der Waals surface area contributed by atoms with Crippen LogP contribution in [-0.4, -0.2) is 73.5 Å². The largest absolute Gasteiger partial charge is 0.495 e. The summed E-state index contributed by atoms with van der Waals surface area (Å²) in [4.78, 5) is 40.4. The van der Waals surface area contributed by atoms with E-state index in [-0.39, 0.29) is 28.7 Å². The molecule has 8 nitrogen and oxygen atoms in total. The lowest BCUT2D eigenvalue weighted by Crippen LogP contribution is -2.53. The molecule has 0 aliphatic carbocycles. The zero-order valence-corrected chi connectivity index (χ0v) is 18.2. The van der Waals surface area contributed by atoms with Crippen LogP contribution in [0.15, 0.2) is 24.8 Å². The SMILES string of the molecule is C=CC(=O)Nc1cc(NC(=O)C(F)(F)F)c(OC)cc1C(=O)N1CCN(C)C(CCC)C1. The van der Waals surface area contributed by atoms with Crippen LogP contribution in [0.5, 0.6) is 5.75 Å². The van der Waals surface area contributed by atoms with Crippen LogP contribution in [0.3, 0.4) is 0 Å². The van der Waals surface area contributed by atoms with E-state index in [0.29, 0.717) is 19.6 Å². The maximum absolute atomic E-state index is 13.3. The number of carbonyl (C=O) groups is 3. The fraction of sp³-hybridized carbons (Fsp3) is 0.476. The van der Waals surface area contributed by atoms with Crippen LogP contribution in [0.4, 0.5) is 24.5 Å². The predicted octanol–water partition coefficient (Wildman–Crippen LogP) is 2.88. The number of benzene rings is 1. The molecular formula is C21H27F3N4O4. The number of alkyl halides is 3. The first-order valence-corrected chi connectivity index (χ1v) is 10.0. The molecule has 2 N–H and O–H groups in total. The van der Waals surface area contributed by atoms with E-state index >= 15 is 0 Å². The van der Waals surface area contributed by atoms with E-state index in [1.807, 2.05) is 7.05 Å². The molecule has 0 bridgehead atoms. The molecule has 1 heterocycles. The summed E-state index contributed by atoms with van der Waals surface area (Å²) >= 11 is 0. The van der Waals surface area contributed by atoms with Crippen molar-refractivity contribution in [3.63, 3.8) is 0 Å². The molecule has 32 heavy (non-hydrogen) atoms. The van der Waals surface area contributed by atoms with Gasteiger partial charge in [-0.3, -0.25) is 19.3 Å². The van der Waals surface area contributed by atoms with E-state index in [9.17, 15) is 27.6 Å². The fourth-order valence-electron chi connectivity index (χ4n) is 3.45. The molecule has 176 valence electrons. The Hall–Kier alpha value is -3.08. The molecule has 11 heteroatoms. The molecular weight excluding hydrogens is 429 g/mol. The summed E-state index contributed by atoms with van der Waals surface area (Å²) in [7, 11) is 3.18. The molecule has 0 spiro atoms. The summed E-state index contributed by atoms with van der Waals surface area (Å²) in [6, 6.07) is 2.44. The third kappa shape index (κ3) is 6.00. The number of piperazine rings is 1. The minimum atomic E-state index is -5.13. The van der Waals surface area contributed by atoms with Crippen LogP contribution in [0.2, 0.25) is 0 Å². The van der Waals surface area contributed by atoms with Crippen LogP contribution < -0.4 is 15.4 Å². The number of nitrogens with zero attached hydrogens (tertiary/aromatic N) is 2. The van der Waals surface area contributed by atoms with E-state index < -0.39 is 23.9 Å². The number of amides is 3. The van der Waals surface area contributed by atoms with E-state index in [1.54, 1.807) is 10.2 Å². The second-order valence-corrected chi connectivity index (χ2v) is 7.42.